The van der Waals surface area contributed by atoms with E-state index in [1.54, 1.807) is 42.5 Å². The molecule has 0 unspecified atom stereocenters. The van der Waals surface area contributed by atoms with Crippen molar-refractivity contribution in [3.8, 4) is 0 Å². The molecule has 2 atom stereocenters. The fraction of sp³-hybridized carbons (Fsp3) is 0.278. The number of nitrogens with two attached hydrogens (primary N) is 1. The first-order chi connectivity index (χ1) is 12.5. The van der Waals surface area contributed by atoms with Crippen molar-refractivity contribution < 1.29 is 17.9 Å². The second kappa shape index (κ2) is 7.86. The van der Waals surface area contributed by atoms with E-state index in [0.29, 0.717) is 24.3 Å². The predicted octanol–water partition coefficient (Wildman–Crippen LogP) is 1.93. The molecule has 3 rings (SSSR count). The van der Waals surface area contributed by atoms with E-state index in [2.05, 4.69) is 10.0 Å². The zero-order valence-corrected chi connectivity index (χ0v) is 14.9. The highest BCUT2D eigenvalue weighted by Crippen LogP contribution is 2.22. The lowest BCUT2D eigenvalue weighted by Crippen LogP contribution is -2.29. The molecule has 7 nitrogen and oxygen atoms in total. The number of rotatable bonds is 6. The smallest absolute Gasteiger partial charge is 0.261 e. The van der Waals surface area contributed by atoms with Gasteiger partial charge in [-0.3, -0.25) is 9.52 Å². The van der Waals surface area contributed by atoms with E-state index >= 15 is 0 Å². The molecule has 1 saturated heterocycles. The van der Waals surface area contributed by atoms with Crippen molar-refractivity contribution in [1.29, 1.82) is 0 Å². The molecular weight excluding hydrogens is 354 g/mol. The summed E-state index contributed by atoms with van der Waals surface area (Å²) >= 11 is 0. The van der Waals surface area contributed by atoms with Gasteiger partial charge in [-0.05, 0) is 49.2 Å². The van der Waals surface area contributed by atoms with Crippen molar-refractivity contribution in [3.63, 3.8) is 0 Å². The third-order valence-corrected chi connectivity index (χ3v) is 5.52. The van der Waals surface area contributed by atoms with Crippen LogP contribution in [0.2, 0.25) is 0 Å². The van der Waals surface area contributed by atoms with Crippen molar-refractivity contribution in [2.24, 2.45) is 5.73 Å². The molecule has 1 aliphatic heterocycles. The Bertz CT molecular complexity index is 854. The highest BCUT2D eigenvalue weighted by Gasteiger charge is 2.29. The summed E-state index contributed by atoms with van der Waals surface area (Å²) in [6, 6.07) is 14.6. The first-order valence-electron chi connectivity index (χ1n) is 8.32. The molecule has 0 aromatic heterocycles. The Morgan fingerprint density at radius 1 is 1.04 bits per heavy atom. The molecule has 0 spiro atoms. The van der Waals surface area contributed by atoms with Gasteiger partial charge in [-0.1, -0.05) is 18.2 Å². The van der Waals surface area contributed by atoms with Crippen LogP contribution in [0.25, 0.3) is 0 Å². The summed E-state index contributed by atoms with van der Waals surface area (Å²) in [4.78, 5) is 12.3. The quantitative estimate of drug-likeness (QED) is 0.714. The normalized spacial score (nSPS) is 19.9. The Hall–Kier alpha value is -2.42. The highest BCUT2D eigenvalue weighted by molar-refractivity contribution is 7.92. The van der Waals surface area contributed by atoms with Crippen LogP contribution in [0, 0.1) is 0 Å². The van der Waals surface area contributed by atoms with Crippen molar-refractivity contribution in [1.82, 2.24) is 0 Å². The maximum atomic E-state index is 12.4. The van der Waals surface area contributed by atoms with Crippen molar-refractivity contribution >= 4 is 27.3 Å². The second-order valence-electron chi connectivity index (χ2n) is 6.04. The van der Waals surface area contributed by atoms with Crippen LogP contribution < -0.4 is 15.8 Å². The Balaban J connectivity index is 1.64. The van der Waals surface area contributed by atoms with Crippen LogP contribution in [0.4, 0.5) is 11.4 Å². The van der Waals surface area contributed by atoms with Crippen molar-refractivity contribution in [2.45, 2.75) is 29.9 Å². The van der Waals surface area contributed by atoms with Crippen LogP contribution in [0.15, 0.2) is 59.5 Å². The van der Waals surface area contributed by atoms with Crippen LogP contribution >= 0.6 is 0 Å². The minimum absolute atomic E-state index is 0.0812. The molecule has 8 heteroatoms. The molecule has 0 aliphatic carbocycles. The van der Waals surface area contributed by atoms with E-state index in [0.717, 1.165) is 6.42 Å². The van der Waals surface area contributed by atoms with E-state index in [-0.39, 0.29) is 16.9 Å². The fourth-order valence-corrected chi connectivity index (χ4v) is 3.79. The molecular formula is C18H21N3O4S. The molecule has 1 amide bonds. The lowest BCUT2D eigenvalue weighted by Gasteiger charge is -2.13. The minimum atomic E-state index is -3.69. The average Bonchev–Trinajstić information content (AvgIpc) is 3.12. The third-order valence-electron chi connectivity index (χ3n) is 4.12. The first kappa shape index (κ1) is 18.4. The van der Waals surface area contributed by atoms with E-state index in [1.165, 1.54) is 12.1 Å². The van der Waals surface area contributed by atoms with Gasteiger partial charge in [-0.2, -0.15) is 0 Å². The zero-order valence-electron chi connectivity index (χ0n) is 14.1. The molecule has 0 bridgehead atoms. The Morgan fingerprint density at radius 2 is 1.73 bits per heavy atom. The number of carbonyl (C=O) groups excluding carboxylic acids is 1. The molecule has 1 fully saturated rings. The summed E-state index contributed by atoms with van der Waals surface area (Å²) < 4.78 is 32.8. The number of ether oxygens (including phenoxy) is 1. The zero-order chi connectivity index (χ0) is 18.6. The van der Waals surface area contributed by atoms with Gasteiger partial charge in [0.25, 0.3) is 15.9 Å². The van der Waals surface area contributed by atoms with E-state index in [4.69, 9.17) is 10.5 Å². The first-order valence-corrected chi connectivity index (χ1v) is 9.80. The Labute approximate surface area is 152 Å². The summed E-state index contributed by atoms with van der Waals surface area (Å²) in [5.74, 6) is -0.251. The van der Waals surface area contributed by atoms with Gasteiger partial charge in [0.2, 0.25) is 0 Å². The van der Waals surface area contributed by atoms with Crippen LogP contribution in [0.3, 0.4) is 0 Å². The molecule has 1 aliphatic rings. The fourth-order valence-electron chi connectivity index (χ4n) is 2.73. The lowest BCUT2D eigenvalue weighted by atomic mass is 10.2. The van der Waals surface area contributed by atoms with Gasteiger partial charge >= 0.3 is 0 Å². The number of hydrogen-bond donors (Lipinski definition) is 3. The standard InChI is InChI=1S/C18H21N3O4S/c19-12-15-8-11-17(25-15)18(22)20-13-6-9-16(10-7-13)26(23,24)21-14-4-2-1-3-5-14/h1-7,9-10,15,17,21H,8,11-12,19H2,(H,20,22)/t15-,17+/m1/s1. The van der Waals surface area contributed by atoms with Gasteiger partial charge in [0.15, 0.2) is 0 Å². The van der Waals surface area contributed by atoms with Gasteiger partial charge in [0.05, 0.1) is 11.0 Å². The minimum Gasteiger partial charge on any atom is -0.364 e. The van der Waals surface area contributed by atoms with Crippen LogP contribution in [-0.2, 0) is 19.6 Å². The maximum Gasteiger partial charge on any atom is 0.261 e. The van der Waals surface area contributed by atoms with Crippen molar-refractivity contribution in [2.75, 3.05) is 16.6 Å². The molecule has 1 heterocycles. The monoisotopic (exact) mass is 375 g/mol. The van der Waals surface area contributed by atoms with Gasteiger partial charge < -0.3 is 15.8 Å². The van der Waals surface area contributed by atoms with Gasteiger partial charge in [-0.25, -0.2) is 8.42 Å². The van der Waals surface area contributed by atoms with E-state index in [1.807, 2.05) is 0 Å². The number of hydrogen-bond acceptors (Lipinski definition) is 5. The number of para-hydroxylation sites is 1. The lowest BCUT2D eigenvalue weighted by molar-refractivity contribution is -0.126. The van der Waals surface area contributed by atoms with Gasteiger partial charge in [0, 0.05) is 17.9 Å². The second-order valence-corrected chi connectivity index (χ2v) is 7.73. The summed E-state index contributed by atoms with van der Waals surface area (Å²) in [5.41, 5.74) is 6.53. The topological polar surface area (TPSA) is 111 Å². The molecule has 2 aromatic carbocycles. The molecule has 0 radical (unpaired) electrons. The third kappa shape index (κ3) is 4.40. The number of nitrogens with one attached hydrogen (secondary N) is 2. The Morgan fingerprint density at radius 3 is 2.35 bits per heavy atom. The summed E-state index contributed by atoms with van der Waals surface area (Å²) in [7, 11) is -3.69. The van der Waals surface area contributed by atoms with Crippen LogP contribution in [0.1, 0.15) is 12.8 Å². The summed E-state index contributed by atoms with van der Waals surface area (Å²) in [5, 5.41) is 2.74. The van der Waals surface area contributed by atoms with Crippen LogP contribution in [-0.4, -0.2) is 33.1 Å². The van der Waals surface area contributed by atoms with E-state index in [9.17, 15) is 13.2 Å². The number of carbonyl (C=O) groups is 1. The molecule has 2 aromatic rings. The number of anilines is 2. The van der Waals surface area contributed by atoms with Gasteiger partial charge in [0.1, 0.15) is 6.10 Å². The average molecular weight is 375 g/mol. The molecule has 4 N–H and O–H groups in total. The Kier molecular flexibility index (Phi) is 5.55. The SMILES string of the molecule is NC[C@H]1CC[C@@H](C(=O)Nc2ccc(S(=O)(=O)Nc3ccccc3)cc2)O1. The van der Waals surface area contributed by atoms with Gasteiger partial charge in [-0.15, -0.1) is 0 Å². The summed E-state index contributed by atoms with van der Waals surface area (Å²) in [6.45, 7) is 0.394. The van der Waals surface area contributed by atoms with Crippen molar-refractivity contribution in [3.05, 3.63) is 54.6 Å². The highest BCUT2D eigenvalue weighted by atomic mass is 32.2. The summed E-state index contributed by atoms with van der Waals surface area (Å²) in [6.07, 6.45) is 0.784. The predicted molar refractivity (Wildman–Crippen MR) is 99.3 cm³/mol. The molecule has 0 saturated carbocycles. The molecule has 26 heavy (non-hydrogen) atoms. The maximum absolute atomic E-state index is 12.4. The largest absolute Gasteiger partial charge is 0.364 e. The van der Waals surface area contributed by atoms with E-state index < -0.39 is 16.1 Å². The molecule has 138 valence electrons. The number of benzene rings is 2. The number of amides is 1. The van der Waals surface area contributed by atoms with Crippen LogP contribution in [0.5, 0.6) is 0 Å². The number of sulfonamides is 1.